The zero-order valence-electron chi connectivity index (χ0n) is 23.7. The summed E-state index contributed by atoms with van der Waals surface area (Å²) in [6.07, 6.45) is 34.2. The van der Waals surface area contributed by atoms with E-state index >= 15 is 0 Å². The third-order valence-corrected chi connectivity index (χ3v) is 6.91. The lowest BCUT2D eigenvalue weighted by molar-refractivity contribution is -0.152. The van der Waals surface area contributed by atoms with Crippen molar-refractivity contribution in [3.05, 3.63) is 24.8 Å². The number of unbranched alkanes of at least 4 members (excludes halogenated alkanes) is 19. The van der Waals surface area contributed by atoms with E-state index in [9.17, 15) is 9.59 Å². The van der Waals surface area contributed by atoms with Crippen LogP contribution in [0.15, 0.2) is 24.8 Å². The molecule has 0 aromatic heterocycles. The number of carboxylic acid groups (broad SMARTS) is 1. The summed E-state index contributed by atoms with van der Waals surface area (Å²) < 4.78 is 5.02. The second-order valence-corrected chi connectivity index (χ2v) is 10.4. The van der Waals surface area contributed by atoms with Crippen LogP contribution in [0.25, 0.3) is 0 Å². The van der Waals surface area contributed by atoms with Crippen molar-refractivity contribution < 1.29 is 19.4 Å². The first-order valence-corrected chi connectivity index (χ1v) is 15.3. The van der Waals surface area contributed by atoms with E-state index in [4.69, 9.17) is 9.84 Å². The van der Waals surface area contributed by atoms with Gasteiger partial charge in [0.05, 0.1) is 12.3 Å². The zero-order chi connectivity index (χ0) is 26.5. The zero-order valence-corrected chi connectivity index (χ0v) is 23.7. The maximum absolute atomic E-state index is 11.9. The number of aliphatic carboxylic acids is 1. The first-order valence-electron chi connectivity index (χ1n) is 15.3. The molecule has 0 aromatic rings. The van der Waals surface area contributed by atoms with Gasteiger partial charge in [0.25, 0.3) is 0 Å². The SMILES string of the molecule is C=CCOC(=O)C(CCCC/C=C/CCCCCCCCCCCCCCCCCCC)CC(=O)O. The molecular formula is C32H58O4. The van der Waals surface area contributed by atoms with Gasteiger partial charge in [-0.25, -0.2) is 0 Å². The van der Waals surface area contributed by atoms with Crippen molar-refractivity contribution >= 4 is 11.9 Å². The van der Waals surface area contributed by atoms with Crippen molar-refractivity contribution in [2.75, 3.05) is 6.61 Å². The quantitative estimate of drug-likeness (QED) is 0.0651. The van der Waals surface area contributed by atoms with Gasteiger partial charge in [0, 0.05) is 0 Å². The lowest BCUT2D eigenvalue weighted by Crippen LogP contribution is -2.21. The van der Waals surface area contributed by atoms with Gasteiger partial charge in [-0.15, -0.1) is 0 Å². The third kappa shape index (κ3) is 25.5. The summed E-state index contributed by atoms with van der Waals surface area (Å²) >= 11 is 0. The molecule has 0 heterocycles. The van der Waals surface area contributed by atoms with Crippen LogP contribution in [0.4, 0.5) is 0 Å². The van der Waals surface area contributed by atoms with Gasteiger partial charge in [0.1, 0.15) is 6.61 Å². The third-order valence-electron chi connectivity index (χ3n) is 6.91. The molecule has 0 aliphatic heterocycles. The van der Waals surface area contributed by atoms with Crippen molar-refractivity contribution in [2.45, 2.75) is 155 Å². The Bertz CT molecular complexity index is 540. The van der Waals surface area contributed by atoms with Crippen LogP contribution >= 0.6 is 0 Å². The predicted octanol–water partition coefficient (Wildman–Crippen LogP) is 9.96. The number of carboxylic acids is 1. The standard InChI is InChI=1S/C32H58O4/c1-3-5-6-7-8-9-10-11-12-13-14-15-16-17-18-19-20-21-22-23-24-25-26-27-30(29-31(33)34)32(35)36-28-4-2/h4,22-23,30H,2-3,5-21,24-29H2,1H3,(H,33,34)/b23-22+. The van der Waals surface area contributed by atoms with Crippen LogP contribution in [0.2, 0.25) is 0 Å². The van der Waals surface area contributed by atoms with Gasteiger partial charge in [-0.1, -0.05) is 141 Å². The normalized spacial score (nSPS) is 12.1. The molecule has 1 N–H and O–H groups in total. The Balaban J connectivity index is 3.42. The van der Waals surface area contributed by atoms with Crippen molar-refractivity contribution in [1.82, 2.24) is 0 Å². The maximum atomic E-state index is 11.9. The average Bonchev–Trinajstić information content (AvgIpc) is 2.86. The fraction of sp³-hybridized carbons (Fsp3) is 0.812. The molecule has 0 aliphatic rings. The fourth-order valence-corrected chi connectivity index (χ4v) is 4.65. The summed E-state index contributed by atoms with van der Waals surface area (Å²) in [6.45, 7) is 5.93. The highest BCUT2D eigenvalue weighted by atomic mass is 16.5. The molecule has 0 fully saturated rings. The van der Waals surface area contributed by atoms with E-state index in [1.54, 1.807) is 0 Å². The van der Waals surface area contributed by atoms with E-state index in [1.807, 2.05) is 0 Å². The van der Waals surface area contributed by atoms with Gasteiger partial charge in [-0.3, -0.25) is 9.59 Å². The molecule has 0 spiro atoms. The highest BCUT2D eigenvalue weighted by molar-refractivity contribution is 5.79. The van der Waals surface area contributed by atoms with E-state index in [0.717, 1.165) is 25.7 Å². The number of ether oxygens (including phenoxy) is 1. The molecule has 0 aromatic carbocycles. The average molecular weight is 507 g/mol. The fourth-order valence-electron chi connectivity index (χ4n) is 4.65. The largest absolute Gasteiger partial charge is 0.481 e. The van der Waals surface area contributed by atoms with E-state index in [2.05, 4.69) is 25.7 Å². The molecule has 36 heavy (non-hydrogen) atoms. The van der Waals surface area contributed by atoms with Crippen LogP contribution in [0.5, 0.6) is 0 Å². The van der Waals surface area contributed by atoms with Gasteiger partial charge in [0.2, 0.25) is 0 Å². The molecule has 0 radical (unpaired) electrons. The van der Waals surface area contributed by atoms with Crippen molar-refractivity contribution in [2.24, 2.45) is 5.92 Å². The number of hydrogen-bond donors (Lipinski definition) is 1. The Morgan fingerprint density at radius 1 is 0.694 bits per heavy atom. The van der Waals surface area contributed by atoms with Gasteiger partial charge >= 0.3 is 11.9 Å². The lowest BCUT2D eigenvalue weighted by Gasteiger charge is -2.13. The number of rotatable bonds is 28. The van der Waals surface area contributed by atoms with E-state index in [1.165, 1.54) is 115 Å². The van der Waals surface area contributed by atoms with E-state index < -0.39 is 17.9 Å². The maximum Gasteiger partial charge on any atom is 0.309 e. The Hall–Kier alpha value is -1.58. The minimum Gasteiger partial charge on any atom is -0.481 e. The van der Waals surface area contributed by atoms with Crippen molar-refractivity contribution in [3.63, 3.8) is 0 Å². The molecule has 1 atom stereocenters. The topological polar surface area (TPSA) is 63.6 Å². The molecule has 0 amide bonds. The lowest BCUT2D eigenvalue weighted by atomic mass is 9.98. The first-order chi connectivity index (χ1) is 17.6. The molecule has 0 saturated heterocycles. The van der Waals surface area contributed by atoms with Crippen molar-refractivity contribution in [3.8, 4) is 0 Å². The number of carbonyl (C=O) groups excluding carboxylic acids is 1. The molecule has 1 unspecified atom stereocenters. The monoisotopic (exact) mass is 506 g/mol. The molecular weight excluding hydrogens is 448 g/mol. The molecule has 4 nitrogen and oxygen atoms in total. The smallest absolute Gasteiger partial charge is 0.309 e. The Morgan fingerprint density at radius 2 is 1.11 bits per heavy atom. The Morgan fingerprint density at radius 3 is 1.53 bits per heavy atom. The number of hydrogen-bond acceptors (Lipinski definition) is 3. The summed E-state index contributed by atoms with van der Waals surface area (Å²) in [5.74, 6) is -1.93. The predicted molar refractivity (Wildman–Crippen MR) is 153 cm³/mol. The highest BCUT2D eigenvalue weighted by Gasteiger charge is 2.22. The second-order valence-electron chi connectivity index (χ2n) is 10.4. The summed E-state index contributed by atoms with van der Waals surface area (Å²) in [6, 6.07) is 0. The molecule has 0 aliphatic carbocycles. The number of carbonyl (C=O) groups is 2. The van der Waals surface area contributed by atoms with Crippen LogP contribution < -0.4 is 0 Å². The second kappa shape index (κ2) is 28.0. The van der Waals surface area contributed by atoms with Crippen molar-refractivity contribution in [1.29, 1.82) is 0 Å². The number of allylic oxidation sites excluding steroid dienone is 2. The molecule has 210 valence electrons. The van der Waals surface area contributed by atoms with Gasteiger partial charge in [0.15, 0.2) is 0 Å². The Kier molecular flexibility index (Phi) is 26.8. The molecule has 0 rings (SSSR count). The molecule has 0 saturated carbocycles. The highest BCUT2D eigenvalue weighted by Crippen LogP contribution is 2.17. The van der Waals surface area contributed by atoms with Crippen LogP contribution in [0.1, 0.15) is 155 Å². The van der Waals surface area contributed by atoms with Gasteiger partial charge < -0.3 is 9.84 Å². The minimum atomic E-state index is -0.954. The van der Waals surface area contributed by atoms with E-state index in [0.29, 0.717) is 6.42 Å². The van der Waals surface area contributed by atoms with Crippen LogP contribution in [-0.4, -0.2) is 23.7 Å². The van der Waals surface area contributed by atoms with Crippen LogP contribution in [0.3, 0.4) is 0 Å². The Labute approximate surface area is 223 Å². The summed E-state index contributed by atoms with van der Waals surface area (Å²) in [7, 11) is 0. The number of esters is 1. The van der Waals surface area contributed by atoms with Crippen LogP contribution in [0, 0.1) is 5.92 Å². The van der Waals surface area contributed by atoms with Crippen LogP contribution in [-0.2, 0) is 14.3 Å². The summed E-state index contributed by atoms with van der Waals surface area (Å²) in [5.41, 5.74) is 0. The molecule has 0 bridgehead atoms. The molecule has 4 heteroatoms. The minimum absolute atomic E-state index is 0.136. The van der Waals surface area contributed by atoms with Gasteiger partial charge in [-0.2, -0.15) is 0 Å². The first kappa shape index (κ1) is 34.4. The van der Waals surface area contributed by atoms with Gasteiger partial charge in [-0.05, 0) is 32.1 Å². The summed E-state index contributed by atoms with van der Waals surface area (Å²) in [4.78, 5) is 22.9. The van der Waals surface area contributed by atoms with E-state index in [-0.39, 0.29) is 13.0 Å². The summed E-state index contributed by atoms with van der Waals surface area (Å²) in [5, 5.41) is 9.00.